The van der Waals surface area contributed by atoms with Crippen LogP contribution in [0.4, 0.5) is 11.4 Å². The second-order valence-corrected chi connectivity index (χ2v) is 4.31. The second-order valence-electron chi connectivity index (χ2n) is 4.31. The third-order valence-electron chi connectivity index (χ3n) is 2.63. The van der Waals surface area contributed by atoms with Gasteiger partial charge in [0.15, 0.2) is 0 Å². The first-order valence-electron chi connectivity index (χ1n) is 6.06. The maximum absolute atomic E-state index is 11.9. The minimum atomic E-state index is -0.955. The number of imide groups is 1. The Bertz CT molecular complexity index is 542. The van der Waals surface area contributed by atoms with Crippen molar-refractivity contribution in [1.29, 1.82) is 0 Å². The molecule has 0 radical (unpaired) electrons. The fourth-order valence-electron chi connectivity index (χ4n) is 1.61. The molecule has 108 valence electrons. The summed E-state index contributed by atoms with van der Waals surface area (Å²) in [4.78, 5) is 35.8. The van der Waals surface area contributed by atoms with Gasteiger partial charge in [-0.25, -0.2) is 0 Å². The molecule has 0 aliphatic heterocycles. The molecule has 1 rings (SSSR count). The molecule has 0 fully saturated rings. The van der Waals surface area contributed by atoms with Crippen LogP contribution >= 0.6 is 0 Å². The van der Waals surface area contributed by atoms with Gasteiger partial charge in [0.25, 0.3) is 0 Å². The van der Waals surface area contributed by atoms with Crippen LogP contribution in [-0.2, 0) is 14.4 Å². The van der Waals surface area contributed by atoms with E-state index >= 15 is 0 Å². The third kappa shape index (κ3) is 3.79. The van der Waals surface area contributed by atoms with E-state index < -0.39 is 17.7 Å². The molecule has 0 aromatic heterocycles. The van der Waals surface area contributed by atoms with E-state index in [2.05, 4.69) is 5.32 Å². The van der Waals surface area contributed by atoms with E-state index in [1.807, 2.05) is 6.92 Å². The van der Waals surface area contributed by atoms with Gasteiger partial charge in [-0.3, -0.25) is 19.3 Å². The summed E-state index contributed by atoms with van der Waals surface area (Å²) < 4.78 is 0. The number of hydrogen-bond donors (Lipinski definition) is 3. The van der Waals surface area contributed by atoms with E-state index in [-0.39, 0.29) is 13.1 Å². The normalized spacial score (nSPS) is 9.95. The molecule has 1 aromatic rings. The van der Waals surface area contributed by atoms with Crippen LogP contribution in [0.5, 0.6) is 0 Å². The Kier molecular flexibility index (Phi) is 5.22. The molecule has 5 N–H and O–H groups in total. The van der Waals surface area contributed by atoms with Crippen molar-refractivity contribution in [3.8, 4) is 0 Å². The predicted molar refractivity (Wildman–Crippen MR) is 75.7 cm³/mol. The molecule has 3 amide bonds. The number of nitrogens with zero attached hydrogens (tertiary/aromatic N) is 1. The molecule has 0 bridgehead atoms. The lowest BCUT2D eigenvalue weighted by Crippen LogP contribution is -2.44. The van der Waals surface area contributed by atoms with Gasteiger partial charge >= 0.3 is 11.8 Å². The number of aryl methyl sites for hydroxylation is 1. The van der Waals surface area contributed by atoms with Crippen molar-refractivity contribution in [2.24, 2.45) is 5.73 Å². The van der Waals surface area contributed by atoms with Gasteiger partial charge in [-0.2, -0.15) is 0 Å². The Morgan fingerprint density at radius 2 is 1.95 bits per heavy atom. The van der Waals surface area contributed by atoms with Gasteiger partial charge in [-0.1, -0.05) is 6.07 Å². The standard InChI is InChI=1S/C13H18N4O3/c1-8-3-4-10(15)11(7-8)16-12(19)13(20)17(6-5-14)9(2)18/h3-4,7H,5-6,14-15H2,1-2H3,(H,16,19). The number of carbonyl (C=O) groups excluding carboxylic acids is 3. The highest BCUT2D eigenvalue weighted by molar-refractivity contribution is 6.41. The number of anilines is 2. The second kappa shape index (κ2) is 6.67. The zero-order chi connectivity index (χ0) is 15.3. The average Bonchev–Trinajstić information content (AvgIpc) is 2.39. The Balaban J connectivity index is 2.87. The third-order valence-corrected chi connectivity index (χ3v) is 2.63. The lowest BCUT2D eigenvalue weighted by molar-refractivity contribution is -0.149. The maximum Gasteiger partial charge on any atom is 0.318 e. The first-order chi connectivity index (χ1) is 9.36. The van der Waals surface area contributed by atoms with Crippen molar-refractivity contribution < 1.29 is 14.4 Å². The van der Waals surface area contributed by atoms with Crippen molar-refractivity contribution in [2.45, 2.75) is 13.8 Å². The average molecular weight is 278 g/mol. The number of nitrogens with two attached hydrogens (primary N) is 2. The minimum Gasteiger partial charge on any atom is -0.397 e. The van der Waals surface area contributed by atoms with E-state index in [1.165, 1.54) is 6.92 Å². The number of nitrogens with one attached hydrogen (secondary N) is 1. The summed E-state index contributed by atoms with van der Waals surface area (Å²) in [6.45, 7) is 3.10. The van der Waals surface area contributed by atoms with Gasteiger partial charge in [0.05, 0.1) is 11.4 Å². The first-order valence-corrected chi connectivity index (χ1v) is 6.06. The molecule has 0 atom stereocenters. The van der Waals surface area contributed by atoms with Crippen molar-refractivity contribution in [3.05, 3.63) is 23.8 Å². The molecule has 7 heteroatoms. The van der Waals surface area contributed by atoms with Gasteiger partial charge < -0.3 is 16.8 Å². The molecule has 0 spiro atoms. The lowest BCUT2D eigenvalue weighted by atomic mass is 10.2. The molecule has 0 heterocycles. The van der Waals surface area contributed by atoms with E-state index in [0.717, 1.165) is 10.5 Å². The monoisotopic (exact) mass is 278 g/mol. The Morgan fingerprint density at radius 1 is 1.30 bits per heavy atom. The summed E-state index contributed by atoms with van der Waals surface area (Å²) in [7, 11) is 0. The van der Waals surface area contributed by atoms with E-state index in [4.69, 9.17) is 11.5 Å². The van der Waals surface area contributed by atoms with Crippen LogP contribution in [0.25, 0.3) is 0 Å². The van der Waals surface area contributed by atoms with Crippen LogP contribution in [0, 0.1) is 6.92 Å². The molecular formula is C13H18N4O3. The smallest absolute Gasteiger partial charge is 0.318 e. The van der Waals surface area contributed by atoms with Crippen LogP contribution in [0.3, 0.4) is 0 Å². The Morgan fingerprint density at radius 3 is 2.50 bits per heavy atom. The predicted octanol–water partition coefficient (Wildman–Crippen LogP) is -0.150. The summed E-state index contributed by atoms with van der Waals surface area (Å²) in [5.41, 5.74) is 12.6. The SMILES string of the molecule is CC(=O)N(CCN)C(=O)C(=O)Nc1cc(C)ccc1N. The highest BCUT2D eigenvalue weighted by Crippen LogP contribution is 2.19. The molecule has 1 aromatic carbocycles. The van der Waals surface area contributed by atoms with Crippen molar-refractivity contribution in [2.75, 3.05) is 24.1 Å². The fraction of sp³-hybridized carbons (Fsp3) is 0.308. The van der Waals surface area contributed by atoms with E-state index in [9.17, 15) is 14.4 Å². The molecule has 0 unspecified atom stereocenters. The molecule has 0 saturated heterocycles. The molecule has 7 nitrogen and oxygen atoms in total. The summed E-state index contributed by atoms with van der Waals surface area (Å²) in [5, 5.41) is 2.40. The van der Waals surface area contributed by atoms with Gasteiger partial charge in [-0.05, 0) is 24.6 Å². The van der Waals surface area contributed by atoms with Crippen molar-refractivity contribution in [3.63, 3.8) is 0 Å². The van der Waals surface area contributed by atoms with Crippen LogP contribution < -0.4 is 16.8 Å². The number of rotatable bonds is 3. The molecule has 0 aliphatic rings. The molecule has 20 heavy (non-hydrogen) atoms. The number of carbonyl (C=O) groups is 3. The Hall–Kier alpha value is -2.41. The van der Waals surface area contributed by atoms with Crippen molar-refractivity contribution in [1.82, 2.24) is 4.90 Å². The molecular weight excluding hydrogens is 260 g/mol. The Labute approximate surface area is 116 Å². The van der Waals surface area contributed by atoms with Crippen LogP contribution in [0.2, 0.25) is 0 Å². The summed E-state index contributed by atoms with van der Waals surface area (Å²) in [6, 6.07) is 5.04. The van der Waals surface area contributed by atoms with Crippen molar-refractivity contribution >= 4 is 29.1 Å². The number of hydrogen-bond acceptors (Lipinski definition) is 5. The summed E-state index contributed by atoms with van der Waals surface area (Å²) in [5.74, 6) is -2.41. The topological polar surface area (TPSA) is 119 Å². The minimum absolute atomic E-state index is 0.00904. The van der Waals surface area contributed by atoms with Gasteiger partial charge in [0.1, 0.15) is 0 Å². The van der Waals surface area contributed by atoms with E-state index in [1.54, 1.807) is 18.2 Å². The van der Waals surface area contributed by atoms with Gasteiger partial charge in [0, 0.05) is 20.0 Å². The molecule has 0 aliphatic carbocycles. The number of nitrogen functional groups attached to an aromatic ring is 1. The zero-order valence-corrected chi connectivity index (χ0v) is 11.5. The van der Waals surface area contributed by atoms with Gasteiger partial charge in [-0.15, -0.1) is 0 Å². The zero-order valence-electron chi connectivity index (χ0n) is 11.5. The fourth-order valence-corrected chi connectivity index (χ4v) is 1.61. The highest BCUT2D eigenvalue weighted by atomic mass is 16.2. The quantitative estimate of drug-likeness (QED) is 0.525. The van der Waals surface area contributed by atoms with Gasteiger partial charge in [0.2, 0.25) is 5.91 Å². The summed E-state index contributed by atoms with van der Waals surface area (Å²) in [6.07, 6.45) is 0. The largest absolute Gasteiger partial charge is 0.397 e. The van der Waals surface area contributed by atoms with Crippen LogP contribution in [-0.4, -0.2) is 35.7 Å². The van der Waals surface area contributed by atoms with Crippen LogP contribution in [0.15, 0.2) is 18.2 Å². The highest BCUT2D eigenvalue weighted by Gasteiger charge is 2.24. The molecule has 0 saturated carbocycles. The lowest BCUT2D eigenvalue weighted by Gasteiger charge is -2.17. The number of benzene rings is 1. The number of amides is 3. The van der Waals surface area contributed by atoms with E-state index in [0.29, 0.717) is 11.4 Å². The summed E-state index contributed by atoms with van der Waals surface area (Å²) >= 11 is 0. The first kappa shape index (κ1) is 15.6. The maximum atomic E-state index is 11.9. The van der Waals surface area contributed by atoms with Crippen LogP contribution in [0.1, 0.15) is 12.5 Å².